The minimum atomic E-state index is -0.221. The number of ether oxygens (including phenoxy) is 2. The minimum absolute atomic E-state index is 0.221. The molecule has 2 heterocycles. The van der Waals surface area contributed by atoms with Crippen molar-refractivity contribution in [2.24, 2.45) is 11.3 Å². The lowest BCUT2D eigenvalue weighted by Crippen LogP contribution is -2.38. The number of likely N-dealkylation sites (tertiary alicyclic amines) is 1. The van der Waals surface area contributed by atoms with E-state index in [0.29, 0.717) is 11.5 Å². The molecule has 1 saturated carbocycles. The first-order valence-corrected chi connectivity index (χ1v) is 10.0. The fourth-order valence-electron chi connectivity index (χ4n) is 4.66. The standard InChI is InChI=1S/C20H37NO2/c1-19(2,3)17-9-11-20(12-10-17)22-16-18(23-20)8-4-5-13-21-14-6-7-15-21/h17-18H,4-16H2,1-3H3. The molecule has 0 amide bonds. The molecule has 2 saturated heterocycles. The molecule has 0 aromatic carbocycles. The summed E-state index contributed by atoms with van der Waals surface area (Å²) in [5.41, 5.74) is 0.426. The summed E-state index contributed by atoms with van der Waals surface area (Å²) in [4.78, 5) is 2.61. The van der Waals surface area contributed by atoms with Gasteiger partial charge in [-0.2, -0.15) is 0 Å². The lowest BCUT2D eigenvalue weighted by Gasteiger charge is -2.41. The van der Waals surface area contributed by atoms with Crippen LogP contribution in [-0.4, -0.2) is 43.0 Å². The van der Waals surface area contributed by atoms with Gasteiger partial charge in [-0.3, -0.25) is 0 Å². The molecule has 0 radical (unpaired) electrons. The van der Waals surface area contributed by atoms with Crippen LogP contribution < -0.4 is 0 Å². The van der Waals surface area contributed by atoms with Crippen molar-refractivity contribution in [3.05, 3.63) is 0 Å². The maximum atomic E-state index is 6.39. The van der Waals surface area contributed by atoms with Gasteiger partial charge in [-0.15, -0.1) is 0 Å². The summed E-state index contributed by atoms with van der Waals surface area (Å²) in [7, 11) is 0. The number of rotatable bonds is 5. The third kappa shape index (κ3) is 4.70. The molecule has 1 aliphatic carbocycles. The van der Waals surface area contributed by atoms with Crippen LogP contribution in [0.25, 0.3) is 0 Å². The zero-order valence-electron chi connectivity index (χ0n) is 15.6. The Labute approximate surface area is 143 Å². The Hall–Kier alpha value is -0.120. The lowest BCUT2D eigenvalue weighted by molar-refractivity contribution is -0.197. The van der Waals surface area contributed by atoms with E-state index in [1.807, 2.05) is 0 Å². The summed E-state index contributed by atoms with van der Waals surface area (Å²) in [5.74, 6) is 0.598. The van der Waals surface area contributed by atoms with Crippen molar-refractivity contribution in [3.63, 3.8) is 0 Å². The Bertz CT molecular complexity index is 362. The second kappa shape index (κ2) is 7.41. The smallest absolute Gasteiger partial charge is 0.168 e. The topological polar surface area (TPSA) is 21.7 Å². The van der Waals surface area contributed by atoms with Crippen molar-refractivity contribution in [1.82, 2.24) is 4.90 Å². The molecule has 1 spiro atoms. The van der Waals surface area contributed by atoms with Crippen molar-refractivity contribution in [2.75, 3.05) is 26.2 Å². The first kappa shape index (κ1) is 17.7. The Morgan fingerprint density at radius 3 is 2.39 bits per heavy atom. The number of hydrogen-bond donors (Lipinski definition) is 0. The molecule has 3 aliphatic rings. The van der Waals surface area contributed by atoms with E-state index in [1.54, 1.807) is 0 Å². The van der Waals surface area contributed by atoms with Gasteiger partial charge in [-0.05, 0) is 75.9 Å². The van der Waals surface area contributed by atoms with Gasteiger partial charge < -0.3 is 14.4 Å². The Kier molecular flexibility index (Phi) is 5.70. The lowest BCUT2D eigenvalue weighted by atomic mass is 9.71. The van der Waals surface area contributed by atoms with Crippen LogP contribution in [0.5, 0.6) is 0 Å². The minimum Gasteiger partial charge on any atom is -0.347 e. The van der Waals surface area contributed by atoms with Crippen LogP contribution in [0, 0.1) is 11.3 Å². The molecular formula is C20H37NO2. The van der Waals surface area contributed by atoms with Crippen LogP contribution in [0.15, 0.2) is 0 Å². The van der Waals surface area contributed by atoms with Gasteiger partial charge in [0.25, 0.3) is 0 Å². The van der Waals surface area contributed by atoms with Gasteiger partial charge in [-0.25, -0.2) is 0 Å². The molecule has 0 aromatic rings. The van der Waals surface area contributed by atoms with Gasteiger partial charge >= 0.3 is 0 Å². The van der Waals surface area contributed by atoms with Crippen LogP contribution in [0.2, 0.25) is 0 Å². The van der Waals surface area contributed by atoms with Crippen molar-refractivity contribution >= 4 is 0 Å². The third-order valence-corrected chi connectivity index (χ3v) is 6.33. The SMILES string of the molecule is CC(C)(C)C1CCC2(CC1)OCC(CCCCN1CCCC1)O2. The molecule has 0 bridgehead atoms. The first-order valence-electron chi connectivity index (χ1n) is 10.0. The molecule has 3 fully saturated rings. The van der Waals surface area contributed by atoms with Gasteiger partial charge in [0.1, 0.15) is 0 Å². The largest absolute Gasteiger partial charge is 0.347 e. The van der Waals surface area contributed by atoms with Crippen LogP contribution in [0.3, 0.4) is 0 Å². The molecule has 134 valence electrons. The van der Waals surface area contributed by atoms with Crippen molar-refractivity contribution in [2.45, 2.75) is 90.4 Å². The van der Waals surface area contributed by atoms with Gasteiger partial charge in [0.2, 0.25) is 0 Å². The van der Waals surface area contributed by atoms with Crippen LogP contribution in [0.1, 0.15) is 78.6 Å². The normalized spacial score (nSPS) is 36.1. The molecule has 1 unspecified atom stereocenters. The van der Waals surface area contributed by atoms with E-state index in [2.05, 4.69) is 25.7 Å². The average Bonchev–Trinajstić information content (AvgIpc) is 3.14. The molecule has 0 aromatic heterocycles. The zero-order chi connectivity index (χ0) is 16.3. The van der Waals surface area contributed by atoms with Crippen molar-refractivity contribution in [1.29, 1.82) is 0 Å². The predicted octanol–water partition coefficient (Wildman–Crippen LogP) is 4.60. The maximum Gasteiger partial charge on any atom is 0.168 e. The molecule has 0 N–H and O–H groups in total. The quantitative estimate of drug-likeness (QED) is 0.690. The summed E-state index contributed by atoms with van der Waals surface area (Å²) < 4.78 is 12.5. The van der Waals surface area contributed by atoms with Gasteiger partial charge in [0.15, 0.2) is 5.79 Å². The Balaban J connectivity index is 1.34. The van der Waals surface area contributed by atoms with Crippen LogP contribution >= 0.6 is 0 Å². The Morgan fingerprint density at radius 1 is 1.04 bits per heavy atom. The highest BCUT2D eigenvalue weighted by Gasteiger charge is 2.45. The highest BCUT2D eigenvalue weighted by atomic mass is 16.7. The Morgan fingerprint density at radius 2 is 1.74 bits per heavy atom. The summed E-state index contributed by atoms with van der Waals surface area (Å²) in [6.45, 7) is 11.9. The van der Waals surface area contributed by atoms with E-state index in [9.17, 15) is 0 Å². The fraction of sp³-hybridized carbons (Fsp3) is 1.00. The summed E-state index contributed by atoms with van der Waals surface area (Å²) in [6, 6.07) is 0. The number of nitrogens with zero attached hydrogens (tertiary/aromatic N) is 1. The second-order valence-corrected chi connectivity index (χ2v) is 9.15. The highest BCUT2D eigenvalue weighted by Crippen LogP contribution is 2.45. The summed E-state index contributed by atoms with van der Waals surface area (Å²) in [6.07, 6.45) is 11.6. The highest BCUT2D eigenvalue weighted by molar-refractivity contribution is 4.88. The van der Waals surface area contributed by atoms with Gasteiger partial charge in [-0.1, -0.05) is 20.8 Å². The van der Waals surface area contributed by atoms with E-state index in [1.165, 1.54) is 64.6 Å². The van der Waals surface area contributed by atoms with E-state index in [4.69, 9.17) is 9.47 Å². The molecule has 3 rings (SSSR count). The molecular weight excluding hydrogens is 286 g/mol. The van der Waals surface area contributed by atoms with E-state index in [0.717, 1.165) is 25.4 Å². The third-order valence-electron chi connectivity index (χ3n) is 6.33. The van der Waals surface area contributed by atoms with E-state index >= 15 is 0 Å². The maximum absolute atomic E-state index is 6.39. The predicted molar refractivity (Wildman–Crippen MR) is 94.5 cm³/mol. The first-order chi connectivity index (χ1) is 11.0. The number of hydrogen-bond acceptors (Lipinski definition) is 3. The average molecular weight is 324 g/mol. The molecule has 1 atom stereocenters. The van der Waals surface area contributed by atoms with Gasteiger partial charge in [0, 0.05) is 12.8 Å². The van der Waals surface area contributed by atoms with Crippen molar-refractivity contribution < 1.29 is 9.47 Å². The summed E-state index contributed by atoms with van der Waals surface area (Å²) >= 11 is 0. The fourth-order valence-corrected chi connectivity index (χ4v) is 4.66. The monoisotopic (exact) mass is 323 g/mol. The van der Waals surface area contributed by atoms with Crippen LogP contribution in [0.4, 0.5) is 0 Å². The second-order valence-electron chi connectivity index (χ2n) is 9.15. The molecule has 2 aliphatic heterocycles. The van der Waals surface area contributed by atoms with E-state index < -0.39 is 0 Å². The number of unbranched alkanes of at least 4 members (excludes halogenated alkanes) is 1. The molecule has 23 heavy (non-hydrogen) atoms. The zero-order valence-corrected chi connectivity index (χ0v) is 15.6. The van der Waals surface area contributed by atoms with Crippen molar-refractivity contribution in [3.8, 4) is 0 Å². The van der Waals surface area contributed by atoms with Crippen LogP contribution in [-0.2, 0) is 9.47 Å². The van der Waals surface area contributed by atoms with Gasteiger partial charge in [0.05, 0.1) is 12.7 Å². The molecule has 3 heteroatoms. The molecule has 3 nitrogen and oxygen atoms in total. The summed E-state index contributed by atoms with van der Waals surface area (Å²) in [5, 5.41) is 0. The van der Waals surface area contributed by atoms with E-state index in [-0.39, 0.29) is 5.79 Å².